The molecule has 0 bridgehead atoms. The van der Waals surface area contributed by atoms with E-state index in [4.69, 9.17) is 0 Å². The first-order valence-corrected chi connectivity index (χ1v) is 8.27. The number of aromatic nitrogens is 2. The van der Waals surface area contributed by atoms with Crippen molar-refractivity contribution >= 4 is 5.82 Å². The lowest BCUT2D eigenvalue weighted by Crippen LogP contribution is -2.51. The van der Waals surface area contributed by atoms with Gasteiger partial charge in [0.15, 0.2) is 0 Å². The largest absolute Gasteiger partial charge is 0.390 e. The summed E-state index contributed by atoms with van der Waals surface area (Å²) in [6.45, 7) is 7.70. The molecule has 1 aromatic carbocycles. The molecule has 0 unspecified atom stereocenters. The Bertz CT molecular complexity index is 670. The zero-order valence-corrected chi connectivity index (χ0v) is 14.2. The van der Waals surface area contributed by atoms with E-state index in [1.54, 1.807) is 6.33 Å². The molecule has 1 aromatic heterocycles. The fourth-order valence-electron chi connectivity index (χ4n) is 3.34. The summed E-state index contributed by atoms with van der Waals surface area (Å²) in [5.41, 5.74) is 2.79. The van der Waals surface area contributed by atoms with Crippen LogP contribution in [0.2, 0.25) is 0 Å². The fourth-order valence-corrected chi connectivity index (χ4v) is 3.34. The fraction of sp³-hybridized carbons (Fsp3) is 0.474. The Kier molecular flexibility index (Phi) is 4.35. The van der Waals surface area contributed by atoms with Crippen molar-refractivity contribution in [2.45, 2.75) is 39.2 Å². The Balaban J connectivity index is 1.82. The van der Waals surface area contributed by atoms with Gasteiger partial charge in [-0.2, -0.15) is 0 Å². The number of aliphatic hydroxyl groups is 1. The third-order valence-electron chi connectivity index (χ3n) is 5.14. The van der Waals surface area contributed by atoms with Crippen molar-refractivity contribution in [1.82, 2.24) is 9.97 Å². The molecule has 122 valence electrons. The zero-order chi connectivity index (χ0) is 16.4. The first kappa shape index (κ1) is 15.9. The summed E-state index contributed by atoms with van der Waals surface area (Å²) >= 11 is 0. The van der Waals surface area contributed by atoms with Gasteiger partial charge >= 0.3 is 0 Å². The Morgan fingerprint density at radius 2 is 1.96 bits per heavy atom. The number of hydrogen-bond donors (Lipinski definition) is 1. The second-order valence-electron chi connectivity index (χ2n) is 6.85. The van der Waals surface area contributed by atoms with Crippen LogP contribution in [-0.2, 0) is 6.42 Å². The Hall–Kier alpha value is -1.94. The SMILES string of the molecule is Cc1ncnc(N2CC[C@@](C)(O)[C@@H](Cc3ccccc3)C2)c1C. The first-order valence-electron chi connectivity index (χ1n) is 8.27. The third kappa shape index (κ3) is 3.37. The number of rotatable bonds is 3. The molecule has 1 N–H and O–H groups in total. The Morgan fingerprint density at radius 3 is 2.70 bits per heavy atom. The van der Waals surface area contributed by atoms with Crippen molar-refractivity contribution in [3.05, 3.63) is 53.5 Å². The second kappa shape index (κ2) is 6.28. The molecular formula is C19H25N3O. The summed E-state index contributed by atoms with van der Waals surface area (Å²) in [6, 6.07) is 10.4. The van der Waals surface area contributed by atoms with Gasteiger partial charge in [-0.1, -0.05) is 30.3 Å². The quantitative estimate of drug-likeness (QED) is 0.947. The molecule has 2 heterocycles. The predicted molar refractivity (Wildman–Crippen MR) is 92.6 cm³/mol. The van der Waals surface area contributed by atoms with Gasteiger partial charge in [0.05, 0.1) is 5.60 Å². The molecule has 1 fully saturated rings. The molecule has 2 aromatic rings. The lowest BCUT2D eigenvalue weighted by molar-refractivity contribution is -0.0168. The topological polar surface area (TPSA) is 49.2 Å². The number of hydrogen-bond acceptors (Lipinski definition) is 4. The van der Waals surface area contributed by atoms with Gasteiger partial charge in [0.2, 0.25) is 0 Å². The summed E-state index contributed by atoms with van der Waals surface area (Å²) in [7, 11) is 0. The van der Waals surface area contributed by atoms with Crippen molar-refractivity contribution in [3.63, 3.8) is 0 Å². The van der Waals surface area contributed by atoms with Gasteiger partial charge in [-0.3, -0.25) is 0 Å². The molecule has 2 atom stereocenters. The number of nitrogens with zero attached hydrogens (tertiary/aromatic N) is 3. The van der Waals surface area contributed by atoms with Crippen LogP contribution in [0.4, 0.5) is 5.82 Å². The highest BCUT2D eigenvalue weighted by Crippen LogP contribution is 2.33. The monoisotopic (exact) mass is 311 g/mol. The first-order chi connectivity index (χ1) is 11.0. The van der Waals surface area contributed by atoms with Crippen molar-refractivity contribution in [3.8, 4) is 0 Å². The summed E-state index contributed by atoms with van der Waals surface area (Å²) < 4.78 is 0. The van der Waals surface area contributed by atoms with E-state index in [1.807, 2.05) is 19.9 Å². The molecule has 0 aliphatic carbocycles. The van der Waals surface area contributed by atoms with E-state index in [-0.39, 0.29) is 5.92 Å². The lowest BCUT2D eigenvalue weighted by Gasteiger charge is -2.43. The minimum absolute atomic E-state index is 0.188. The van der Waals surface area contributed by atoms with Crippen LogP contribution in [-0.4, -0.2) is 33.8 Å². The number of benzene rings is 1. The van der Waals surface area contributed by atoms with Crippen LogP contribution in [0, 0.1) is 19.8 Å². The van der Waals surface area contributed by atoms with Crippen LogP contribution in [0.1, 0.15) is 30.2 Å². The van der Waals surface area contributed by atoms with E-state index in [0.717, 1.165) is 43.0 Å². The Morgan fingerprint density at radius 1 is 1.22 bits per heavy atom. The maximum Gasteiger partial charge on any atom is 0.135 e. The third-order valence-corrected chi connectivity index (χ3v) is 5.14. The molecule has 0 spiro atoms. The molecule has 4 heteroatoms. The molecule has 0 amide bonds. The van der Waals surface area contributed by atoms with Crippen molar-refractivity contribution in [2.75, 3.05) is 18.0 Å². The zero-order valence-electron chi connectivity index (χ0n) is 14.2. The molecule has 1 aliphatic heterocycles. The van der Waals surface area contributed by atoms with Crippen LogP contribution in [0.5, 0.6) is 0 Å². The molecule has 1 aliphatic rings. The van der Waals surface area contributed by atoms with Gasteiger partial charge in [0, 0.05) is 30.3 Å². The highest BCUT2D eigenvalue weighted by atomic mass is 16.3. The van der Waals surface area contributed by atoms with Crippen LogP contribution in [0.15, 0.2) is 36.7 Å². The number of aryl methyl sites for hydroxylation is 1. The molecular weight excluding hydrogens is 286 g/mol. The maximum absolute atomic E-state index is 10.8. The van der Waals surface area contributed by atoms with Gasteiger partial charge in [-0.05, 0) is 39.2 Å². The van der Waals surface area contributed by atoms with E-state index >= 15 is 0 Å². The molecule has 3 rings (SSSR count). The van der Waals surface area contributed by atoms with Gasteiger partial charge in [-0.25, -0.2) is 9.97 Å². The van der Waals surface area contributed by atoms with Gasteiger partial charge in [-0.15, -0.1) is 0 Å². The van der Waals surface area contributed by atoms with Crippen molar-refractivity contribution in [1.29, 1.82) is 0 Å². The predicted octanol–water partition coefficient (Wildman–Crippen LogP) is 2.91. The standard InChI is InChI=1S/C19H25N3O/c1-14-15(2)20-13-21-18(14)22-10-9-19(3,23)17(12-22)11-16-7-5-4-6-8-16/h4-8,13,17,23H,9-12H2,1-3H3/t17-,19+/m0/s1. The highest BCUT2D eigenvalue weighted by molar-refractivity contribution is 5.48. The number of anilines is 1. The maximum atomic E-state index is 10.8. The molecule has 4 nitrogen and oxygen atoms in total. The van der Waals surface area contributed by atoms with E-state index in [9.17, 15) is 5.11 Å². The minimum Gasteiger partial charge on any atom is -0.390 e. The lowest BCUT2D eigenvalue weighted by atomic mass is 9.79. The summed E-state index contributed by atoms with van der Waals surface area (Å²) in [5.74, 6) is 1.19. The van der Waals surface area contributed by atoms with Gasteiger partial charge in [0.25, 0.3) is 0 Å². The minimum atomic E-state index is -0.637. The summed E-state index contributed by atoms with van der Waals surface area (Å²) in [6.07, 6.45) is 3.27. The Labute approximate surface area is 138 Å². The molecule has 1 saturated heterocycles. The molecule has 0 saturated carbocycles. The van der Waals surface area contributed by atoms with Crippen LogP contribution in [0.3, 0.4) is 0 Å². The van der Waals surface area contributed by atoms with Gasteiger partial charge < -0.3 is 10.0 Å². The summed E-state index contributed by atoms with van der Waals surface area (Å²) in [4.78, 5) is 11.0. The normalized spacial score (nSPS) is 24.7. The van der Waals surface area contributed by atoms with Crippen LogP contribution >= 0.6 is 0 Å². The van der Waals surface area contributed by atoms with Gasteiger partial charge in [0.1, 0.15) is 12.1 Å². The van der Waals surface area contributed by atoms with Crippen molar-refractivity contribution < 1.29 is 5.11 Å². The molecule has 0 radical (unpaired) electrons. The molecule has 23 heavy (non-hydrogen) atoms. The smallest absolute Gasteiger partial charge is 0.135 e. The van der Waals surface area contributed by atoms with E-state index < -0.39 is 5.60 Å². The van der Waals surface area contributed by atoms with Crippen molar-refractivity contribution in [2.24, 2.45) is 5.92 Å². The van der Waals surface area contributed by atoms with E-state index in [2.05, 4.69) is 46.1 Å². The number of piperidine rings is 1. The van der Waals surface area contributed by atoms with E-state index in [1.165, 1.54) is 5.56 Å². The average Bonchev–Trinajstić information content (AvgIpc) is 2.53. The van der Waals surface area contributed by atoms with Crippen LogP contribution < -0.4 is 4.90 Å². The van der Waals surface area contributed by atoms with Crippen LogP contribution in [0.25, 0.3) is 0 Å². The second-order valence-corrected chi connectivity index (χ2v) is 6.85. The van der Waals surface area contributed by atoms with E-state index in [0.29, 0.717) is 0 Å². The highest BCUT2D eigenvalue weighted by Gasteiger charge is 2.38. The summed E-state index contributed by atoms with van der Waals surface area (Å²) in [5, 5.41) is 10.8. The average molecular weight is 311 g/mol.